The highest BCUT2D eigenvalue weighted by Crippen LogP contribution is 2.19. The molecule has 2 aromatic carbocycles. The molecule has 0 saturated carbocycles. The van der Waals surface area contributed by atoms with E-state index in [4.69, 9.17) is 4.42 Å². The number of nitrogens with one attached hydrogen (secondary N) is 1. The SMILES string of the molecule is C[C@H](CCc1ccco1)NC(=O)c1ccc(-c2ccccc2)cc1. The van der Waals surface area contributed by atoms with Crippen molar-refractivity contribution in [1.29, 1.82) is 0 Å². The number of carbonyl (C=O) groups excluding carboxylic acids is 1. The first kappa shape index (κ1) is 16.1. The fourth-order valence-corrected chi connectivity index (χ4v) is 2.64. The summed E-state index contributed by atoms with van der Waals surface area (Å²) in [6.07, 6.45) is 3.34. The zero-order valence-electron chi connectivity index (χ0n) is 13.7. The van der Waals surface area contributed by atoms with Crippen LogP contribution in [0.25, 0.3) is 11.1 Å². The van der Waals surface area contributed by atoms with Crippen molar-refractivity contribution >= 4 is 5.91 Å². The fraction of sp³-hybridized carbons (Fsp3) is 0.190. The Morgan fingerprint density at radius 2 is 1.67 bits per heavy atom. The summed E-state index contributed by atoms with van der Waals surface area (Å²) in [4.78, 5) is 12.3. The van der Waals surface area contributed by atoms with Crippen molar-refractivity contribution in [3.63, 3.8) is 0 Å². The standard InChI is InChI=1S/C21H21NO2/c1-16(9-14-20-8-5-15-24-20)22-21(23)19-12-10-18(11-13-19)17-6-3-2-4-7-17/h2-8,10-13,15-16H,9,14H2,1H3,(H,22,23)/t16-/m1/s1. The molecular formula is C21H21NO2. The Morgan fingerprint density at radius 1 is 0.958 bits per heavy atom. The summed E-state index contributed by atoms with van der Waals surface area (Å²) < 4.78 is 5.32. The third-order valence-corrected chi connectivity index (χ3v) is 4.04. The second-order valence-corrected chi connectivity index (χ2v) is 5.94. The molecule has 0 bridgehead atoms. The summed E-state index contributed by atoms with van der Waals surface area (Å²) in [7, 11) is 0. The number of amides is 1. The molecule has 24 heavy (non-hydrogen) atoms. The van der Waals surface area contributed by atoms with Gasteiger partial charge in [-0.2, -0.15) is 0 Å². The Kier molecular flexibility index (Phi) is 5.12. The minimum Gasteiger partial charge on any atom is -0.469 e. The van der Waals surface area contributed by atoms with Gasteiger partial charge in [0.05, 0.1) is 6.26 Å². The molecule has 3 heteroatoms. The maximum atomic E-state index is 12.3. The van der Waals surface area contributed by atoms with Crippen LogP contribution in [0.1, 0.15) is 29.5 Å². The van der Waals surface area contributed by atoms with Gasteiger partial charge in [0.1, 0.15) is 5.76 Å². The van der Waals surface area contributed by atoms with E-state index in [0.717, 1.165) is 29.7 Å². The van der Waals surface area contributed by atoms with E-state index in [1.807, 2.05) is 61.5 Å². The molecule has 0 fully saturated rings. The van der Waals surface area contributed by atoms with Gasteiger partial charge >= 0.3 is 0 Å². The van der Waals surface area contributed by atoms with Crippen molar-refractivity contribution < 1.29 is 9.21 Å². The van der Waals surface area contributed by atoms with E-state index in [0.29, 0.717) is 5.56 Å². The number of hydrogen-bond acceptors (Lipinski definition) is 2. The minimum atomic E-state index is -0.0402. The fourth-order valence-electron chi connectivity index (χ4n) is 2.64. The first-order chi connectivity index (χ1) is 11.7. The Labute approximate surface area is 142 Å². The molecular weight excluding hydrogens is 298 g/mol. The van der Waals surface area contributed by atoms with Crippen LogP contribution in [0.2, 0.25) is 0 Å². The third kappa shape index (κ3) is 4.13. The first-order valence-corrected chi connectivity index (χ1v) is 8.21. The van der Waals surface area contributed by atoms with Crippen LogP contribution in [-0.4, -0.2) is 11.9 Å². The lowest BCUT2D eigenvalue weighted by molar-refractivity contribution is 0.0938. The minimum absolute atomic E-state index is 0.0402. The number of benzene rings is 2. The van der Waals surface area contributed by atoms with E-state index in [-0.39, 0.29) is 11.9 Å². The summed E-state index contributed by atoms with van der Waals surface area (Å²) >= 11 is 0. The zero-order valence-corrected chi connectivity index (χ0v) is 13.7. The second kappa shape index (κ2) is 7.64. The molecule has 3 nitrogen and oxygen atoms in total. The van der Waals surface area contributed by atoms with Gasteiger partial charge in [-0.25, -0.2) is 0 Å². The lowest BCUT2D eigenvalue weighted by Gasteiger charge is -2.13. The molecule has 1 atom stereocenters. The summed E-state index contributed by atoms with van der Waals surface area (Å²) in [6.45, 7) is 2.01. The van der Waals surface area contributed by atoms with Gasteiger partial charge in [-0.05, 0) is 48.7 Å². The monoisotopic (exact) mass is 319 g/mol. The molecule has 0 aliphatic heterocycles. The molecule has 1 N–H and O–H groups in total. The zero-order chi connectivity index (χ0) is 16.8. The van der Waals surface area contributed by atoms with Crippen LogP contribution in [0.3, 0.4) is 0 Å². The maximum Gasteiger partial charge on any atom is 0.251 e. The lowest BCUT2D eigenvalue weighted by atomic mass is 10.0. The summed E-state index contributed by atoms with van der Waals surface area (Å²) in [6, 6.07) is 21.8. The molecule has 1 amide bonds. The van der Waals surface area contributed by atoms with Crippen LogP contribution in [0.4, 0.5) is 0 Å². The van der Waals surface area contributed by atoms with Crippen LogP contribution in [-0.2, 0) is 6.42 Å². The van der Waals surface area contributed by atoms with E-state index in [2.05, 4.69) is 17.4 Å². The van der Waals surface area contributed by atoms with Crippen molar-refractivity contribution in [3.8, 4) is 11.1 Å². The molecule has 3 rings (SSSR count). The van der Waals surface area contributed by atoms with Gasteiger partial charge in [0.2, 0.25) is 0 Å². The van der Waals surface area contributed by atoms with E-state index >= 15 is 0 Å². The van der Waals surface area contributed by atoms with Gasteiger partial charge in [0.25, 0.3) is 5.91 Å². The second-order valence-electron chi connectivity index (χ2n) is 5.94. The molecule has 0 spiro atoms. The maximum absolute atomic E-state index is 12.3. The average molecular weight is 319 g/mol. The number of aryl methyl sites for hydroxylation is 1. The Hall–Kier alpha value is -2.81. The topological polar surface area (TPSA) is 42.2 Å². The van der Waals surface area contributed by atoms with Gasteiger partial charge < -0.3 is 9.73 Å². The molecule has 1 heterocycles. The normalized spacial score (nSPS) is 11.9. The Morgan fingerprint density at radius 3 is 2.33 bits per heavy atom. The average Bonchev–Trinajstić information content (AvgIpc) is 3.14. The molecule has 0 aliphatic carbocycles. The highest BCUT2D eigenvalue weighted by atomic mass is 16.3. The van der Waals surface area contributed by atoms with Crippen LogP contribution < -0.4 is 5.32 Å². The quantitative estimate of drug-likeness (QED) is 0.715. The van der Waals surface area contributed by atoms with Gasteiger partial charge in [-0.3, -0.25) is 4.79 Å². The molecule has 0 unspecified atom stereocenters. The highest BCUT2D eigenvalue weighted by molar-refractivity contribution is 5.94. The van der Waals surface area contributed by atoms with Crippen molar-refractivity contribution in [3.05, 3.63) is 84.3 Å². The van der Waals surface area contributed by atoms with E-state index in [1.165, 1.54) is 0 Å². The molecule has 1 aromatic heterocycles. The summed E-state index contributed by atoms with van der Waals surface area (Å²) in [5.41, 5.74) is 2.94. The predicted molar refractivity (Wildman–Crippen MR) is 95.8 cm³/mol. The largest absolute Gasteiger partial charge is 0.469 e. The lowest BCUT2D eigenvalue weighted by Crippen LogP contribution is -2.32. The predicted octanol–water partition coefficient (Wildman–Crippen LogP) is 4.70. The van der Waals surface area contributed by atoms with Crippen LogP contribution in [0, 0.1) is 0 Å². The molecule has 122 valence electrons. The molecule has 0 radical (unpaired) electrons. The summed E-state index contributed by atoms with van der Waals surface area (Å²) in [5, 5.41) is 3.04. The smallest absolute Gasteiger partial charge is 0.251 e. The van der Waals surface area contributed by atoms with Gasteiger partial charge in [0.15, 0.2) is 0 Å². The first-order valence-electron chi connectivity index (χ1n) is 8.21. The third-order valence-electron chi connectivity index (χ3n) is 4.04. The van der Waals surface area contributed by atoms with Crippen LogP contribution in [0.15, 0.2) is 77.4 Å². The van der Waals surface area contributed by atoms with Crippen molar-refractivity contribution in [2.24, 2.45) is 0 Å². The van der Waals surface area contributed by atoms with E-state index < -0.39 is 0 Å². The van der Waals surface area contributed by atoms with Crippen molar-refractivity contribution in [2.45, 2.75) is 25.8 Å². The van der Waals surface area contributed by atoms with Crippen LogP contribution in [0.5, 0.6) is 0 Å². The van der Waals surface area contributed by atoms with E-state index in [9.17, 15) is 4.79 Å². The summed E-state index contributed by atoms with van der Waals surface area (Å²) in [5.74, 6) is 0.907. The number of rotatable bonds is 6. The molecule has 0 saturated heterocycles. The number of hydrogen-bond donors (Lipinski definition) is 1. The number of furan rings is 1. The van der Waals surface area contributed by atoms with Gasteiger partial charge in [-0.1, -0.05) is 42.5 Å². The van der Waals surface area contributed by atoms with Gasteiger partial charge in [0, 0.05) is 18.0 Å². The number of carbonyl (C=O) groups is 1. The highest BCUT2D eigenvalue weighted by Gasteiger charge is 2.10. The van der Waals surface area contributed by atoms with Gasteiger partial charge in [-0.15, -0.1) is 0 Å². The van der Waals surface area contributed by atoms with Crippen molar-refractivity contribution in [1.82, 2.24) is 5.32 Å². The van der Waals surface area contributed by atoms with Crippen molar-refractivity contribution in [2.75, 3.05) is 0 Å². The molecule has 0 aliphatic rings. The van der Waals surface area contributed by atoms with Crippen LogP contribution >= 0.6 is 0 Å². The molecule has 3 aromatic rings. The van der Waals surface area contributed by atoms with E-state index in [1.54, 1.807) is 6.26 Å². The Bertz CT molecular complexity index is 761. The Balaban J connectivity index is 1.56.